The van der Waals surface area contributed by atoms with Gasteiger partial charge < -0.3 is 0 Å². The monoisotopic (exact) mass is 304 g/mol. The SMILES string of the molecule is O=c1c2[nH]nnc2nc2sc(CCCC3CCCC3)nn12. The van der Waals surface area contributed by atoms with Gasteiger partial charge in [0.2, 0.25) is 10.6 Å². The van der Waals surface area contributed by atoms with Crippen molar-refractivity contribution in [2.45, 2.75) is 44.9 Å². The number of hydrogen-bond donors (Lipinski definition) is 1. The number of nitrogens with zero attached hydrogens (tertiary/aromatic N) is 5. The number of fused-ring (bicyclic) bond motifs is 2. The molecule has 0 aliphatic heterocycles. The highest BCUT2D eigenvalue weighted by Crippen LogP contribution is 2.29. The number of aryl methyl sites for hydroxylation is 1. The van der Waals surface area contributed by atoms with Crippen LogP contribution in [0.1, 0.15) is 43.5 Å². The minimum atomic E-state index is -0.224. The zero-order valence-corrected chi connectivity index (χ0v) is 12.4. The summed E-state index contributed by atoms with van der Waals surface area (Å²) in [5.41, 5.74) is 0.453. The van der Waals surface area contributed by atoms with Gasteiger partial charge in [0.25, 0.3) is 0 Å². The third-order valence-electron chi connectivity index (χ3n) is 4.22. The minimum absolute atomic E-state index is 0.224. The Morgan fingerprint density at radius 3 is 3.05 bits per heavy atom. The summed E-state index contributed by atoms with van der Waals surface area (Å²) in [6.07, 6.45) is 8.86. The lowest BCUT2D eigenvalue weighted by molar-refractivity contribution is 0.483. The molecule has 1 fully saturated rings. The molecule has 0 saturated heterocycles. The first-order chi connectivity index (χ1) is 10.3. The van der Waals surface area contributed by atoms with Gasteiger partial charge in [-0.25, -0.2) is 0 Å². The van der Waals surface area contributed by atoms with Crippen LogP contribution in [0.2, 0.25) is 0 Å². The van der Waals surface area contributed by atoms with Gasteiger partial charge in [-0.3, -0.25) is 9.89 Å². The van der Waals surface area contributed by atoms with Crippen molar-refractivity contribution in [2.75, 3.05) is 0 Å². The topological polar surface area (TPSA) is 88.8 Å². The summed E-state index contributed by atoms with van der Waals surface area (Å²) >= 11 is 1.47. The molecule has 0 spiro atoms. The lowest BCUT2D eigenvalue weighted by Crippen LogP contribution is -2.15. The molecule has 0 bridgehead atoms. The molecule has 0 radical (unpaired) electrons. The third-order valence-corrected chi connectivity index (χ3v) is 5.19. The van der Waals surface area contributed by atoms with Crippen molar-refractivity contribution in [2.24, 2.45) is 5.92 Å². The fourth-order valence-corrected chi connectivity index (χ4v) is 4.03. The molecular formula is C13H16N6OS. The zero-order valence-electron chi connectivity index (χ0n) is 11.6. The lowest BCUT2D eigenvalue weighted by atomic mass is 10.0. The van der Waals surface area contributed by atoms with E-state index in [-0.39, 0.29) is 5.56 Å². The van der Waals surface area contributed by atoms with E-state index < -0.39 is 0 Å². The number of hydrogen-bond acceptors (Lipinski definition) is 6. The number of nitrogens with one attached hydrogen (secondary N) is 1. The number of H-pyrrole nitrogens is 1. The highest BCUT2D eigenvalue weighted by Gasteiger charge is 2.16. The Kier molecular flexibility index (Phi) is 3.17. The molecule has 3 aromatic heterocycles. The highest BCUT2D eigenvalue weighted by molar-refractivity contribution is 7.16. The summed E-state index contributed by atoms with van der Waals surface area (Å²) in [6.45, 7) is 0. The summed E-state index contributed by atoms with van der Waals surface area (Å²) in [6, 6.07) is 0. The lowest BCUT2D eigenvalue weighted by Gasteiger charge is -2.06. The van der Waals surface area contributed by atoms with Crippen molar-refractivity contribution in [1.29, 1.82) is 0 Å². The molecule has 21 heavy (non-hydrogen) atoms. The average molecular weight is 304 g/mol. The van der Waals surface area contributed by atoms with Crippen LogP contribution >= 0.6 is 11.3 Å². The van der Waals surface area contributed by atoms with Gasteiger partial charge in [-0.1, -0.05) is 48.7 Å². The Morgan fingerprint density at radius 2 is 2.19 bits per heavy atom. The first-order valence-electron chi connectivity index (χ1n) is 7.41. The van der Waals surface area contributed by atoms with Crippen molar-refractivity contribution in [1.82, 2.24) is 30.0 Å². The molecule has 3 heterocycles. The minimum Gasteiger partial charge on any atom is -0.265 e. The molecule has 7 nitrogen and oxygen atoms in total. The van der Waals surface area contributed by atoms with Crippen LogP contribution in [-0.4, -0.2) is 30.0 Å². The fourth-order valence-electron chi connectivity index (χ4n) is 3.11. The summed E-state index contributed by atoms with van der Waals surface area (Å²) in [7, 11) is 0. The first kappa shape index (κ1) is 12.9. The van der Waals surface area contributed by atoms with Crippen LogP contribution in [-0.2, 0) is 6.42 Å². The molecule has 1 aliphatic carbocycles. The maximum Gasteiger partial charge on any atom is 0.302 e. The normalized spacial score (nSPS) is 16.4. The van der Waals surface area contributed by atoms with Gasteiger partial charge in [0.15, 0.2) is 5.52 Å². The number of aromatic nitrogens is 6. The molecule has 3 aromatic rings. The van der Waals surface area contributed by atoms with Crippen molar-refractivity contribution in [3.63, 3.8) is 0 Å². The molecular weight excluding hydrogens is 288 g/mol. The second-order valence-corrected chi connectivity index (χ2v) is 6.70. The van der Waals surface area contributed by atoms with Gasteiger partial charge in [-0.05, 0) is 12.3 Å². The zero-order chi connectivity index (χ0) is 14.2. The molecule has 0 aromatic carbocycles. The van der Waals surface area contributed by atoms with E-state index in [4.69, 9.17) is 0 Å². The first-order valence-corrected chi connectivity index (χ1v) is 8.22. The van der Waals surface area contributed by atoms with Crippen LogP contribution < -0.4 is 5.56 Å². The predicted octanol–water partition coefficient (Wildman–Crippen LogP) is 1.94. The van der Waals surface area contributed by atoms with Crippen LogP contribution in [0.5, 0.6) is 0 Å². The molecule has 4 rings (SSSR count). The molecule has 1 saturated carbocycles. The molecule has 1 aliphatic rings. The Morgan fingerprint density at radius 1 is 1.33 bits per heavy atom. The maximum atomic E-state index is 12.2. The Labute approximate surface area is 124 Å². The smallest absolute Gasteiger partial charge is 0.265 e. The predicted molar refractivity (Wildman–Crippen MR) is 79.5 cm³/mol. The van der Waals surface area contributed by atoms with Crippen LogP contribution in [0.3, 0.4) is 0 Å². The van der Waals surface area contributed by atoms with Crippen LogP contribution in [0, 0.1) is 5.92 Å². The average Bonchev–Trinajstić information content (AvgIpc) is 3.18. The van der Waals surface area contributed by atoms with E-state index in [1.165, 1.54) is 48.0 Å². The standard InChI is InChI=1S/C13H16N6OS/c20-12-10-11(16-18-15-10)14-13-19(12)17-9(21-13)7-3-6-8-4-1-2-5-8/h8H,1-7H2,(H,15,16,18). The van der Waals surface area contributed by atoms with Crippen molar-refractivity contribution >= 4 is 27.5 Å². The Balaban J connectivity index is 1.55. The van der Waals surface area contributed by atoms with Gasteiger partial charge in [0, 0.05) is 6.42 Å². The van der Waals surface area contributed by atoms with Gasteiger partial charge in [0.1, 0.15) is 5.01 Å². The molecule has 0 amide bonds. The Bertz CT molecular complexity index is 828. The molecule has 1 N–H and O–H groups in total. The van der Waals surface area contributed by atoms with Crippen molar-refractivity contribution in [3.05, 3.63) is 15.4 Å². The number of aromatic amines is 1. The fraction of sp³-hybridized carbons (Fsp3) is 0.615. The van der Waals surface area contributed by atoms with E-state index in [0.29, 0.717) is 16.1 Å². The van der Waals surface area contributed by atoms with Crippen LogP contribution in [0.25, 0.3) is 16.1 Å². The summed E-state index contributed by atoms with van der Waals surface area (Å²) < 4.78 is 1.36. The summed E-state index contributed by atoms with van der Waals surface area (Å²) in [4.78, 5) is 17.1. The van der Waals surface area contributed by atoms with Crippen molar-refractivity contribution in [3.8, 4) is 0 Å². The van der Waals surface area contributed by atoms with E-state index in [2.05, 4.69) is 25.5 Å². The molecule has 8 heteroatoms. The molecule has 110 valence electrons. The van der Waals surface area contributed by atoms with Gasteiger partial charge in [-0.15, -0.1) is 5.10 Å². The van der Waals surface area contributed by atoms with Gasteiger partial charge >= 0.3 is 5.56 Å². The summed E-state index contributed by atoms with van der Waals surface area (Å²) in [5, 5.41) is 15.3. The molecule has 0 atom stereocenters. The van der Waals surface area contributed by atoms with Crippen LogP contribution in [0.4, 0.5) is 0 Å². The largest absolute Gasteiger partial charge is 0.302 e. The van der Waals surface area contributed by atoms with Crippen molar-refractivity contribution < 1.29 is 0 Å². The van der Waals surface area contributed by atoms with Gasteiger partial charge in [-0.2, -0.15) is 14.6 Å². The van der Waals surface area contributed by atoms with Gasteiger partial charge in [0.05, 0.1) is 0 Å². The Hall–Kier alpha value is -1.83. The van der Waals surface area contributed by atoms with Crippen LogP contribution in [0.15, 0.2) is 4.79 Å². The van der Waals surface area contributed by atoms with E-state index >= 15 is 0 Å². The maximum absolute atomic E-state index is 12.2. The quantitative estimate of drug-likeness (QED) is 0.795. The third kappa shape index (κ3) is 2.33. The van der Waals surface area contributed by atoms with E-state index in [9.17, 15) is 4.79 Å². The second-order valence-electron chi connectivity index (χ2n) is 5.66. The second kappa shape index (κ2) is 5.18. The number of rotatable bonds is 4. The van der Waals surface area contributed by atoms with E-state index in [1.807, 2.05) is 0 Å². The summed E-state index contributed by atoms with van der Waals surface area (Å²) in [5.74, 6) is 0.897. The highest BCUT2D eigenvalue weighted by atomic mass is 32.1. The molecule has 0 unspecified atom stereocenters. The van der Waals surface area contributed by atoms with E-state index in [1.54, 1.807) is 0 Å². The van der Waals surface area contributed by atoms with E-state index in [0.717, 1.165) is 23.8 Å².